The second-order valence-corrected chi connectivity index (χ2v) is 2.45. The van der Waals surface area contributed by atoms with Crippen molar-refractivity contribution >= 4 is 5.78 Å². The Hall–Kier alpha value is -1.85. The molecule has 13 heavy (non-hydrogen) atoms. The molecule has 0 aromatic carbocycles. The van der Waals surface area contributed by atoms with Crippen molar-refractivity contribution < 1.29 is 9.72 Å². The van der Waals surface area contributed by atoms with Gasteiger partial charge in [0.15, 0.2) is 0 Å². The third kappa shape index (κ3) is 3.37. The normalized spacial score (nSPS) is 9.54. The lowest BCUT2D eigenvalue weighted by Gasteiger charge is -1.94. The number of ketones is 1. The first kappa shape index (κ1) is 9.24. The first-order valence-corrected chi connectivity index (χ1v) is 3.56. The molecule has 0 aliphatic rings. The van der Waals surface area contributed by atoms with Crippen LogP contribution in [-0.2, 0) is 11.2 Å². The fourth-order valence-electron chi connectivity index (χ4n) is 0.849. The van der Waals surface area contributed by atoms with Crippen molar-refractivity contribution in [3.05, 3.63) is 34.4 Å². The largest absolute Gasteiger partial charge is 0.292 e. The van der Waals surface area contributed by atoms with Crippen LogP contribution in [0.2, 0.25) is 0 Å². The second-order valence-electron chi connectivity index (χ2n) is 2.45. The number of aromatic nitrogens is 2. The molecule has 1 aromatic rings. The van der Waals surface area contributed by atoms with Crippen LogP contribution in [0.15, 0.2) is 18.7 Å². The van der Waals surface area contributed by atoms with E-state index >= 15 is 0 Å². The van der Waals surface area contributed by atoms with Gasteiger partial charge in [-0.15, -0.1) is 0 Å². The summed E-state index contributed by atoms with van der Waals surface area (Å²) in [7, 11) is 0. The number of Topliss-reactive ketones (excluding diaryl/α,β-unsaturated/α-hetero) is 1. The molecular formula is C7H7N3O3. The van der Waals surface area contributed by atoms with Crippen LogP contribution >= 0.6 is 0 Å². The molecule has 1 heterocycles. The number of nitrogens with zero attached hydrogens (tertiary/aromatic N) is 3. The predicted octanol–water partition coefficient (Wildman–Crippen LogP) is -0.135. The number of nitro groups is 1. The monoisotopic (exact) mass is 181 g/mol. The Morgan fingerprint density at radius 3 is 2.62 bits per heavy atom. The van der Waals surface area contributed by atoms with Gasteiger partial charge in [0.1, 0.15) is 6.33 Å². The van der Waals surface area contributed by atoms with Crippen LogP contribution in [0.25, 0.3) is 0 Å². The third-order valence-corrected chi connectivity index (χ3v) is 1.32. The highest BCUT2D eigenvalue weighted by molar-refractivity contribution is 5.81. The number of hydrogen-bond donors (Lipinski definition) is 0. The Kier molecular flexibility index (Phi) is 3.02. The lowest BCUT2D eigenvalue weighted by Crippen LogP contribution is -2.15. The van der Waals surface area contributed by atoms with Crippen LogP contribution < -0.4 is 0 Å². The maximum absolute atomic E-state index is 10.9. The zero-order valence-electron chi connectivity index (χ0n) is 6.71. The van der Waals surface area contributed by atoms with Gasteiger partial charge in [-0.1, -0.05) is 0 Å². The van der Waals surface area contributed by atoms with Gasteiger partial charge >= 0.3 is 0 Å². The molecule has 0 saturated heterocycles. The van der Waals surface area contributed by atoms with E-state index in [9.17, 15) is 14.9 Å². The van der Waals surface area contributed by atoms with E-state index < -0.39 is 17.3 Å². The molecule has 0 N–H and O–H groups in total. The van der Waals surface area contributed by atoms with E-state index in [4.69, 9.17) is 0 Å². The molecule has 6 nitrogen and oxygen atoms in total. The number of carbonyl (C=O) groups excluding carboxylic acids is 1. The van der Waals surface area contributed by atoms with Gasteiger partial charge in [0.05, 0.1) is 0 Å². The van der Waals surface area contributed by atoms with E-state index in [0.717, 1.165) is 0 Å². The molecule has 0 spiro atoms. The summed E-state index contributed by atoms with van der Waals surface area (Å²) in [5.74, 6) is -0.445. The summed E-state index contributed by atoms with van der Waals surface area (Å²) in [6.45, 7) is -0.644. The number of carbonyl (C=O) groups is 1. The topological polar surface area (TPSA) is 86.0 Å². The molecule has 0 aliphatic heterocycles. The van der Waals surface area contributed by atoms with Crippen LogP contribution in [0.5, 0.6) is 0 Å². The Labute approximate surface area is 73.8 Å². The van der Waals surface area contributed by atoms with Gasteiger partial charge in [-0.2, -0.15) is 0 Å². The van der Waals surface area contributed by atoms with Gasteiger partial charge < -0.3 is 0 Å². The van der Waals surface area contributed by atoms with Crippen LogP contribution in [0, 0.1) is 10.1 Å². The van der Waals surface area contributed by atoms with Gasteiger partial charge in [-0.3, -0.25) is 14.9 Å². The Balaban J connectivity index is 2.50. The first-order valence-electron chi connectivity index (χ1n) is 3.56. The van der Waals surface area contributed by atoms with Crippen LogP contribution in [0.4, 0.5) is 0 Å². The van der Waals surface area contributed by atoms with E-state index in [1.807, 2.05) is 0 Å². The highest BCUT2D eigenvalue weighted by atomic mass is 16.6. The zero-order valence-corrected chi connectivity index (χ0v) is 6.71. The number of rotatable bonds is 4. The van der Waals surface area contributed by atoms with Crippen molar-refractivity contribution in [3.63, 3.8) is 0 Å². The Morgan fingerprint density at radius 1 is 1.46 bits per heavy atom. The second kappa shape index (κ2) is 4.24. The fraction of sp³-hybridized carbons (Fsp3) is 0.286. The van der Waals surface area contributed by atoms with Crippen molar-refractivity contribution in [1.82, 2.24) is 9.97 Å². The first-order chi connectivity index (χ1) is 6.18. The molecule has 68 valence electrons. The fourth-order valence-corrected chi connectivity index (χ4v) is 0.849. The summed E-state index contributed by atoms with van der Waals surface area (Å²) < 4.78 is 0. The predicted molar refractivity (Wildman–Crippen MR) is 42.6 cm³/mol. The zero-order chi connectivity index (χ0) is 9.68. The molecule has 0 amide bonds. The van der Waals surface area contributed by atoms with Gasteiger partial charge in [-0.25, -0.2) is 9.97 Å². The third-order valence-electron chi connectivity index (χ3n) is 1.32. The van der Waals surface area contributed by atoms with E-state index in [1.54, 1.807) is 0 Å². The van der Waals surface area contributed by atoms with Crippen molar-refractivity contribution in [3.8, 4) is 0 Å². The summed E-state index contributed by atoms with van der Waals surface area (Å²) in [6.07, 6.45) is 4.28. The molecule has 0 atom stereocenters. The molecular weight excluding hydrogens is 174 g/mol. The van der Waals surface area contributed by atoms with Crippen molar-refractivity contribution in [1.29, 1.82) is 0 Å². The van der Waals surface area contributed by atoms with E-state index in [0.29, 0.717) is 5.56 Å². The van der Waals surface area contributed by atoms with Crippen molar-refractivity contribution in [2.24, 2.45) is 0 Å². The lowest BCUT2D eigenvalue weighted by molar-refractivity contribution is -0.467. The summed E-state index contributed by atoms with van der Waals surface area (Å²) in [5, 5.41) is 9.95. The summed E-state index contributed by atoms with van der Waals surface area (Å²) in [5.41, 5.74) is 0.592. The maximum atomic E-state index is 10.9. The van der Waals surface area contributed by atoms with E-state index in [-0.39, 0.29) is 6.42 Å². The van der Waals surface area contributed by atoms with Gasteiger partial charge in [0.25, 0.3) is 6.54 Å². The molecule has 0 fully saturated rings. The summed E-state index contributed by atoms with van der Waals surface area (Å²) >= 11 is 0. The van der Waals surface area contributed by atoms with Crippen molar-refractivity contribution in [2.45, 2.75) is 6.42 Å². The molecule has 0 radical (unpaired) electrons. The van der Waals surface area contributed by atoms with Crippen LogP contribution in [0.1, 0.15) is 5.56 Å². The molecule has 1 aromatic heterocycles. The average molecular weight is 181 g/mol. The van der Waals surface area contributed by atoms with E-state index in [2.05, 4.69) is 9.97 Å². The molecule has 6 heteroatoms. The summed E-state index contributed by atoms with van der Waals surface area (Å²) in [6, 6.07) is 0. The highest BCUT2D eigenvalue weighted by Gasteiger charge is 2.10. The SMILES string of the molecule is O=C(Cc1cncnc1)C[N+](=O)[O-]. The van der Waals surface area contributed by atoms with Gasteiger partial charge in [0.2, 0.25) is 5.78 Å². The minimum absolute atomic E-state index is 0.0157. The smallest absolute Gasteiger partial charge is 0.261 e. The number of hydrogen-bond acceptors (Lipinski definition) is 5. The van der Waals surface area contributed by atoms with Gasteiger partial charge in [0, 0.05) is 23.7 Å². The maximum Gasteiger partial charge on any atom is 0.261 e. The van der Waals surface area contributed by atoms with Crippen LogP contribution in [-0.4, -0.2) is 27.2 Å². The quantitative estimate of drug-likeness (QED) is 0.476. The Bertz CT molecular complexity index is 312. The van der Waals surface area contributed by atoms with Crippen LogP contribution in [0.3, 0.4) is 0 Å². The summed E-state index contributed by atoms with van der Waals surface area (Å²) in [4.78, 5) is 27.6. The van der Waals surface area contributed by atoms with Crippen molar-refractivity contribution in [2.75, 3.05) is 6.54 Å². The minimum Gasteiger partial charge on any atom is -0.292 e. The molecule has 1 rings (SSSR count). The average Bonchev–Trinajstić information content (AvgIpc) is 2.04. The lowest BCUT2D eigenvalue weighted by atomic mass is 10.2. The molecule has 0 bridgehead atoms. The highest BCUT2D eigenvalue weighted by Crippen LogP contribution is 1.95. The minimum atomic E-state index is -0.647. The standard InChI is InChI=1S/C7H7N3O3/c11-7(4-10(12)13)1-6-2-8-5-9-3-6/h2-3,5H,1,4H2. The molecule has 0 aliphatic carbocycles. The molecule has 0 unspecified atom stereocenters. The molecule has 0 saturated carbocycles. The van der Waals surface area contributed by atoms with E-state index in [1.165, 1.54) is 18.7 Å². The Morgan fingerprint density at radius 2 is 2.08 bits per heavy atom. The van der Waals surface area contributed by atoms with Gasteiger partial charge in [-0.05, 0) is 5.56 Å².